The van der Waals surface area contributed by atoms with Crippen LogP contribution in [-0.2, 0) is 6.61 Å². The van der Waals surface area contributed by atoms with Gasteiger partial charge < -0.3 is 18.1 Å². The van der Waals surface area contributed by atoms with Gasteiger partial charge >= 0.3 is 5.91 Å². The van der Waals surface area contributed by atoms with Gasteiger partial charge in [0.25, 0.3) is 5.69 Å². The first-order chi connectivity index (χ1) is 18.9. The average molecular weight is 525 g/mol. The third-order valence-corrected chi connectivity index (χ3v) is 5.98. The summed E-state index contributed by atoms with van der Waals surface area (Å²) in [5, 5.41) is 15.1. The van der Waals surface area contributed by atoms with Crippen molar-refractivity contribution in [1.82, 2.24) is 9.99 Å². The molecule has 39 heavy (non-hydrogen) atoms. The number of nitro benzene ring substituents is 1. The SMILES string of the molecule is Cc1ccc(C)n1-c1ccc(OCc2ccc(C(=O)N/N=C/c3ccc(-c4ccccc4[N+](=O)[O-])o3)o2)cc1. The molecule has 0 unspecified atom stereocenters. The minimum atomic E-state index is -0.551. The summed E-state index contributed by atoms with van der Waals surface area (Å²) in [6, 6.07) is 24.5. The summed E-state index contributed by atoms with van der Waals surface area (Å²) in [7, 11) is 0. The minimum absolute atomic E-state index is 0.0691. The van der Waals surface area contributed by atoms with Crippen molar-refractivity contribution in [2.75, 3.05) is 0 Å². The van der Waals surface area contributed by atoms with E-state index in [-0.39, 0.29) is 18.1 Å². The molecular formula is C29H24N4O6. The van der Waals surface area contributed by atoms with E-state index >= 15 is 0 Å². The van der Waals surface area contributed by atoms with Crippen LogP contribution in [0.3, 0.4) is 0 Å². The number of hydrazone groups is 1. The summed E-state index contributed by atoms with van der Waals surface area (Å²) in [6.07, 6.45) is 1.30. The number of carbonyl (C=O) groups is 1. The van der Waals surface area contributed by atoms with E-state index < -0.39 is 10.8 Å². The summed E-state index contributed by atoms with van der Waals surface area (Å²) in [4.78, 5) is 23.2. The molecule has 0 saturated carbocycles. The lowest BCUT2D eigenvalue weighted by molar-refractivity contribution is -0.384. The van der Waals surface area contributed by atoms with Crippen molar-refractivity contribution >= 4 is 17.8 Å². The van der Waals surface area contributed by atoms with Crippen LogP contribution in [0.4, 0.5) is 5.69 Å². The first-order valence-corrected chi connectivity index (χ1v) is 12.0. The molecule has 5 aromatic rings. The highest BCUT2D eigenvalue weighted by molar-refractivity contribution is 5.92. The maximum absolute atomic E-state index is 12.4. The van der Waals surface area contributed by atoms with Gasteiger partial charge in [-0.25, -0.2) is 5.43 Å². The van der Waals surface area contributed by atoms with Gasteiger partial charge in [-0.15, -0.1) is 0 Å². The first-order valence-electron chi connectivity index (χ1n) is 12.0. The third kappa shape index (κ3) is 5.64. The summed E-state index contributed by atoms with van der Waals surface area (Å²) >= 11 is 0. The van der Waals surface area contributed by atoms with Crippen molar-refractivity contribution < 1.29 is 23.3 Å². The Morgan fingerprint density at radius 3 is 2.46 bits per heavy atom. The van der Waals surface area contributed by atoms with E-state index in [0.717, 1.165) is 17.1 Å². The Hall–Kier alpha value is -5.38. The Morgan fingerprint density at radius 2 is 1.72 bits per heavy atom. The Balaban J connectivity index is 1.15. The predicted molar refractivity (Wildman–Crippen MR) is 144 cm³/mol. The fourth-order valence-electron chi connectivity index (χ4n) is 4.12. The largest absolute Gasteiger partial charge is 0.486 e. The number of furan rings is 2. The molecule has 0 aliphatic carbocycles. The zero-order valence-electron chi connectivity index (χ0n) is 21.2. The average Bonchev–Trinajstić information content (AvgIpc) is 3.68. The van der Waals surface area contributed by atoms with Gasteiger partial charge in [-0.3, -0.25) is 14.9 Å². The van der Waals surface area contributed by atoms with E-state index in [2.05, 4.69) is 41.1 Å². The van der Waals surface area contributed by atoms with Gasteiger partial charge in [-0.2, -0.15) is 5.10 Å². The maximum Gasteiger partial charge on any atom is 0.307 e. The summed E-state index contributed by atoms with van der Waals surface area (Å²) < 4.78 is 19.2. The number of para-hydroxylation sites is 1. The number of nitrogens with one attached hydrogen (secondary N) is 1. The van der Waals surface area contributed by atoms with Crippen molar-refractivity contribution in [3.05, 3.63) is 124 Å². The lowest BCUT2D eigenvalue weighted by atomic mass is 10.1. The zero-order valence-corrected chi connectivity index (χ0v) is 21.2. The lowest BCUT2D eigenvalue weighted by Crippen LogP contribution is -2.16. The molecule has 3 aromatic heterocycles. The number of carbonyl (C=O) groups excluding carboxylic acids is 1. The van der Waals surface area contributed by atoms with Crippen molar-refractivity contribution in [2.45, 2.75) is 20.5 Å². The van der Waals surface area contributed by atoms with Crippen LogP contribution in [0, 0.1) is 24.0 Å². The van der Waals surface area contributed by atoms with E-state index in [1.165, 1.54) is 18.3 Å². The van der Waals surface area contributed by atoms with Crippen molar-refractivity contribution in [1.29, 1.82) is 0 Å². The van der Waals surface area contributed by atoms with Gasteiger partial charge in [0.1, 0.15) is 29.6 Å². The molecule has 0 spiro atoms. The number of aryl methyl sites for hydroxylation is 2. The molecule has 0 fully saturated rings. The molecule has 1 amide bonds. The molecule has 2 aromatic carbocycles. The Kier molecular flexibility index (Phi) is 7.09. The van der Waals surface area contributed by atoms with Crippen LogP contribution in [0.2, 0.25) is 0 Å². The fraction of sp³-hybridized carbons (Fsp3) is 0.103. The second-order valence-electron chi connectivity index (χ2n) is 8.68. The number of hydrogen-bond acceptors (Lipinski definition) is 7. The number of rotatable bonds is 9. The molecule has 0 aliphatic rings. The van der Waals surface area contributed by atoms with E-state index in [0.29, 0.717) is 28.6 Å². The fourth-order valence-corrected chi connectivity index (χ4v) is 4.12. The molecule has 0 aliphatic heterocycles. The number of amides is 1. The molecule has 0 atom stereocenters. The highest BCUT2D eigenvalue weighted by Crippen LogP contribution is 2.30. The molecule has 0 radical (unpaired) electrons. The molecule has 1 N–H and O–H groups in total. The minimum Gasteiger partial charge on any atom is -0.486 e. The highest BCUT2D eigenvalue weighted by atomic mass is 16.6. The van der Waals surface area contributed by atoms with E-state index in [9.17, 15) is 14.9 Å². The number of benzene rings is 2. The maximum atomic E-state index is 12.4. The standard InChI is InChI=1S/C29H24N4O6/c1-19-7-8-20(2)32(19)21-9-11-22(12-10-21)37-18-24-14-16-28(39-24)29(34)31-30-17-23-13-15-27(38-23)25-5-3-4-6-26(25)33(35)36/h3-17H,18H2,1-2H3,(H,31,34)/b30-17+. The van der Waals surface area contributed by atoms with Crippen LogP contribution in [0.25, 0.3) is 17.0 Å². The third-order valence-electron chi connectivity index (χ3n) is 5.98. The second kappa shape index (κ2) is 10.9. The monoisotopic (exact) mass is 524 g/mol. The van der Waals surface area contributed by atoms with Gasteiger partial charge in [0.2, 0.25) is 0 Å². The summed E-state index contributed by atoms with van der Waals surface area (Å²) in [5.41, 5.74) is 6.00. The van der Waals surface area contributed by atoms with Crippen LogP contribution in [0.5, 0.6) is 5.75 Å². The van der Waals surface area contributed by atoms with Crippen LogP contribution in [0.1, 0.15) is 33.5 Å². The number of hydrogen-bond donors (Lipinski definition) is 1. The van der Waals surface area contributed by atoms with E-state index in [1.807, 2.05) is 24.3 Å². The molecule has 10 nitrogen and oxygen atoms in total. The topological polar surface area (TPSA) is 125 Å². The van der Waals surface area contributed by atoms with Crippen molar-refractivity contribution in [3.8, 4) is 22.8 Å². The Labute approximate surface area is 223 Å². The zero-order chi connectivity index (χ0) is 27.4. The van der Waals surface area contributed by atoms with Crippen molar-refractivity contribution in [3.63, 3.8) is 0 Å². The molecule has 10 heteroatoms. The highest BCUT2D eigenvalue weighted by Gasteiger charge is 2.17. The summed E-state index contributed by atoms with van der Waals surface area (Å²) in [6.45, 7) is 4.27. The van der Waals surface area contributed by atoms with E-state index in [4.69, 9.17) is 13.6 Å². The van der Waals surface area contributed by atoms with E-state index in [1.54, 1.807) is 36.4 Å². The van der Waals surface area contributed by atoms with Crippen LogP contribution in [0.15, 0.2) is 98.9 Å². The normalized spacial score (nSPS) is 11.1. The predicted octanol–water partition coefficient (Wildman–Crippen LogP) is 6.20. The number of aromatic nitrogens is 1. The number of nitrogens with zero attached hydrogens (tertiary/aromatic N) is 3. The lowest BCUT2D eigenvalue weighted by Gasteiger charge is -2.10. The van der Waals surface area contributed by atoms with Gasteiger partial charge in [-0.1, -0.05) is 12.1 Å². The molecule has 0 saturated heterocycles. The molecule has 0 bridgehead atoms. The second-order valence-corrected chi connectivity index (χ2v) is 8.68. The van der Waals surface area contributed by atoms with Gasteiger partial charge in [0.15, 0.2) is 5.76 Å². The molecule has 5 rings (SSSR count). The quantitative estimate of drug-likeness (QED) is 0.139. The van der Waals surface area contributed by atoms with Gasteiger partial charge in [0.05, 0.1) is 16.7 Å². The first kappa shape index (κ1) is 25.3. The number of ether oxygens (including phenoxy) is 1. The summed E-state index contributed by atoms with van der Waals surface area (Å²) in [5.74, 6) is 1.29. The van der Waals surface area contributed by atoms with Crippen LogP contribution >= 0.6 is 0 Å². The van der Waals surface area contributed by atoms with Crippen LogP contribution < -0.4 is 10.2 Å². The number of nitro groups is 1. The Morgan fingerprint density at radius 1 is 0.974 bits per heavy atom. The molecule has 196 valence electrons. The Bertz CT molecular complexity index is 1640. The van der Waals surface area contributed by atoms with Crippen LogP contribution in [-0.4, -0.2) is 21.6 Å². The molecule has 3 heterocycles. The smallest absolute Gasteiger partial charge is 0.307 e. The van der Waals surface area contributed by atoms with Crippen molar-refractivity contribution in [2.24, 2.45) is 5.10 Å². The molecular weight excluding hydrogens is 500 g/mol. The van der Waals surface area contributed by atoms with Gasteiger partial charge in [0, 0.05) is 23.1 Å². The van der Waals surface area contributed by atoms with Gasteiger partial charge in [-0.05, 0) is 80.6 Å².